The number of hydrogen-bond donors (Lipinski definition) is 0. The third-order valence-electron chi connectivity index (χ3n) is 4.40. The fourth-order valence-electron chi connectivity index (χ4n) is 3.12. The van der Waals surface area contributed by atoms with E-state index in [-0.39, 0.29) is 5.82 Å². The quantitative estimate of drug-likeness (QED) is 0.729. The summed E-state index contributed by atoms with van der Waals surface area (Å²) in [4.78, 5) is 4.51. The first-order chi connectivity index (χ1) is 12.3. The SMILES string of the molecule is Fc1cccc(CN2CCN(c3nnnn3-c3ccccc3)CC2)c1. The molecule has 0 spiro atoms. The van der Waals surface area contributed by atoms with E-state index < -0.39 is 0 Å². The van der Waals surface area contributed by atoms with Gasteiger partial charge in [0.15, 0.2) is 0 Å². The summed E-state index contributed by atoms with van der Waals surface area (Å²) in [5.74, 6) is 0.578. The van der Waals surface area contributed by atoms with E-state index in [0.717, 1.165) is 49.9 Å². The maximum atomic E-state index is 13.3. The van der Waals surface area contributed by atoms with Crippen LogP contribution in [0.3, 0.4) is 0 Å². The van der Waals surface area contributed by atoms with Crippen molar-refractivity contribution in [3.8, 4) is 5.69 Å². The van der Waals surface area contributed by atoms with Crippen molar-refractivity contribution in [2.75, 3.05) is 31.1 Å². The maximum absolute atomic E-state index is 13.3. The molecule has 25 heavy (non-hydrogen) atoms. The van der Waals surface area contributed by atoms with Crippen LogP contribution in [0.4, 0.5) is 10.3 Å². The van der Waals surface area contributed by atoms with Crippen LogP contribution < -0.4 is 4.90 Å². The fraction of sp³-hybridized carbons (Fsp3) is 0.278. The van der Waals surface area contributed by atoms with Gasteiger partial charge in [-0.15, -0.1) is 0 Å². The molecule has 0 unspecified atom stereocenters. The summed E-state index contributed by atoms with van der Waals surface area (Å²) in [6, 6.07) is 16.7. The van der Waals surface area contributed by atoms with Gasteiger partial charge in [0.25, 0.3) is 0 Å². The highest BCUT2D eigenvalue weighted by atomic mass is 19.1. The zero-order valence-electron chi connectivity index (χ0n) is 13.8. The van der Waals surface area contributed by atoms with Crippen LogP contribution in [0.2, 0.25) is 0 Å². The lowest BCUT2D eigenvalue weighted by atomic mass is 10.2. The van der Waals surface area contributed by atoms with Gasteiger partial charge in [-0.3, -0.25) is 4.90 Å². The van der Waals surface area contributed by atoms with Gasteiger partial charge in [-0.25, -0.2) is 4.39 Å². The number of hydrogen-bond acceptors (Lipinski definition) is 5. The van der Waals surface area contributed by atoms with Crippen LogP contribution in [0.5, 0.6) is 0 Å². The van der Waals surface area contributed by atoms with Gasteiger partial charge >= 0.3 is 0 Å². The molecular weight excluding hydrogens is 319 g/mol. The third kappa shape index (κ3) is 3.51. The van der Waals surface area contributed by atoms with E-state index in [2.05, 4.69) is 25.3 Å². The summed E-state index contributed by atoms with van der Waals surface area (Å²) < 4.78 is 15.1. The molecule has 1 aliphatic rings. The number of piperazine rings is 1. The molecule has 3 aromatic rings. The maximum Gasteiger partial charge on any atom is 0.250 e. The minimum Gasteiger partial charge on any atom is -0.337 e. The van der Waals surface area contributed by atoms with Crippen LogP contribution in [0.25, 0.3) is 5.69 Å². The molecule has 0 N–H and O–H groups in total. The van der Waals surface area contributed by atoms with Crippen LogP contribution >= 0.6 is 0 Å². The zero-order chi connectivity index (χ0) is 17.1. The van der Waals surface area contributed by atoms with E-state index >= 15 is 0 Å². The lowest BCUT2D eigenvalue weighted by molar-refractivity contribution is 0.248. The molecule has 0 radical (unpaired) electrons. The summed E-state index contributed by atoms with van der Waals surface area (Å²) in [6.07, 6.45) is 0. The predicted molar refractivity (Wildman–Crippen MR) is 93.0 cm³/mol. The molecule has 0 saturated carbocycles. The molecule has 4 rings (SSSR count). The summed E-state index contributed by atoms with van der Waals surface area (Å²) in [6.45, 7) is 4.20. The van der Waals surface area contributed by atoms with Crippen LogP contribution in [-0.4, -0.2) is 51.3 Å². The molecule has 1 aliphatic heterocycles. The lowest BCUT2D eigenvalue weighted by Crippen LogP contribution is -2.46. The Morgan fingerprint density at radius 1 is 0.920 bits per heavy atom. The van der Waals surface area contributed by atoms with E-state index in [1.807, 2.05) is 36.4 Å². The van der Waals surface area contributed by atoms with Gasteiger partial charge < -0.3 is 4.90 Å². The highest BCUT2D eigenvalue weighted by molar-refractivity contribution is 5.40. The number of tetrazole rings is 1. The minimum absolute atomic E-state index is 0.182. The second-order valence-electron chi connectivity index (χ2n) is 6.12. The number of aromatic nitrogens is 4. The highest BCUT2D eigenvalue weighted by Crippen LogP contribution is 2.18. The van der Waals surface area contributed by atoms with Crippen molar-refractivity contribution in [2.24, 2.45) is 0 Å². The van der Waals surface area contributed by atoms with Gasteiger partial charge in [0.05, 0.1) is 5.69 Å². The largest absolute Gasteiger partial charge is 0.337 e. The van der Waals surface area contributed by atoms with Gasteiger partial charge in [0.2, 0.25) is 5.95 Å². The van der Waals surface area contributed by atoms with E-state index in [1.165, 1.54) is 6.07 Å². The number of halogens is 1. The molecule has 0 amide bonds. The van der Waals surface area contributed by atoms with Crippen LogP contribution in [-0.2, 0) is 6.54 Å². The second kappa shape index (κ2) is 6.98. The standard InChI is InChI=1S/C18H19FN6/c19-16-6-4-5-15(13-16)14-23-9-11-24(12-10-23)18-20-21-22-25(18)17-7-2-1-3-8-17/h1-8,13H,9-12,14H2. The van der Waals surface area contributed by atoms with E-state index in [4.69, 9.17) is 0 Å². The van der Waals surface area contributed by atoms with Gasteiger partial charge in [0, 0.05) is 32.7 Å². The zero-order valence-corrected chi connectivity index (χ0v) is 13.8. The monoisotopic (exact) mass is 338 g/mol. The van der Waals surface area contributed by atoms with Crippen LogP contribution in [0.15, 0.2) is 54.6 Å². The van der Waals surface area contributed by atoms with Crippen molar-refractivity contribution in [2.45, 2.75) is 6.54 Å². The minimum atomic E-state index is -0.182. The van der Waals surface area contributed by atoms with E-state index in [9.17, 15) is 4.39 Å². The Morgan fingerprint density at radius 2 is 1.72 bits per heavy atom. The Hall–Kier alpha value is -2.80. The average Bonchev–Trinajstić information content (AvgIpc) is 3.13. The molecule has 6 nitrogen and oxygen atoms in total. The van der Waals surface area contributed by atoms with Gasteiger partial charge in [-0.1, -0.05) is 35.4 Å². The van der Waals surface area contributed by atoms with E-state index in [1.54, 1.807) is 16.8 Å². The second-order valence-corrected chi connectivity index (χ2v) is 6.12. The first kappa shape index (κ1) is 15.7. The Balaban J connectivity index is 1.42. The number of rotatable bonds is 4. The van der Waals surface area contributed by atoms with Crippen molar-refractivity contribution in [3.05, 3.63) is 66.0 Å². The smallest absolute Gasteiger partial charge is 0.250 e. The number of para-hydroxylation sites is 1. The summed E-state index contributed by atoms with van der Waals surface area (Å²) >= 11 is 0. The first-order valence-corrected chi connectivity index (χ1v) is 8.35. The lowest BCUT2D eigenvalue weighted by Gasteiger charge is -2.34. The molecule has 2 heterocycles. The highest BCUT2D eigenvalue weighted by Gasteiger charge is 2.22. The molecule has 1 fully saturated rings. The van der Waals surface area contributed by atoms with Crippen LogP contribution in [0.1, 0.15) is 5.56 Å². The van der Waals surface area contributed by atoms with Crippen molar-refractivity contribution >= 4 is 5.95 Å². The first-order valence-electron chi connectivity index (χ1n) is 8.35. The van der Waals surface area contributed by atoms with Gasteiger partial charge in [0.1, 0.15) is 5.82 Å². The molecule has 7 heteroatoms. The van der Waals surface area contributed by atoms with Crippen LogP contribution in [0, 0.1) is 5.82 Å². The van der Waals surface area contributed by atoms with Crippen molar-refractivity contribution < 1.29 is 4.39 Å². The Morgan fingerprint density at radius 3 is 2.48 bits per heavy atom. The molecule has 0 atom stereocenters. The Labute approximate surface area is 145 Å². The molecule has 0 bridgehead atoms. The molecule has 128 valence electrons. The summed E-state index contributed by atoms with van der Waals surface area (Å²) in [5.41, 5.74) is 1.95. The van der Waals surface area contributed by atoms with Crippen molar-refractivity contribution in [1.29, 1.82) is 0 Å². The predicted octanol–water partition coefficient (Wildman–Crippen LogP) is 2.12. The van der Waals surface area contributed by atoms with Gasteiger partial charge in [-0.05, 0) is 40.3 Å². The normalized spacial score (nSPS) is 15.5. The fourth-order valence-corrected chi connectivity index (χ4v) is 3.12. The summed E-state index contributed by atoms with van der Waals surface area (Å²) in [7, 11) is 0. The molecular formula is C18H19FN6. The topological polar surface area (TPSA) is 50.1 Å². The van der Waals surface area contributed by atoms with E-state index in [0.29, 0.717) is 0 Å². The third-order valence-corrected chi connectivity index (χ3v) is 4.40. The average molecular weight is 338 g/mol. The summed E-state index contributed by atoms with van der Waals surface area (Å²) in [5, 5.41) is 12.1. The van der Waals surface area contributed by atoms with Crippen molar-refractivity contribution in [1.82, 2.24) is 25.1 Å². The van der Waals surface area contributed by atoms with Gasteiger partial charge in [-0.2, -0.15) is 4.68 Å². The molecule has 1 saturated heterocycles. The molecule has 2 aromatic carbocycles. The Kier molecular flexibility index (Phi) is 4.39. The number of anilines is 1. The molecule has 1 aromatic heterocycles. The van der Waals surface area contributed by atoms with Crippen molar-refractivity contribution in [3.63, 3.8) is 0 Å². The molecule has 0 aliphatic carbocycles. The number of nitrogens with zero attached hydrogens (tertiary/aromatic N) is 6. The number of benzene rings is 2. The Bertz CT molecular complexity index is 826.